The van der Waals surface area contributed by atoms with E-state index >= 15 is 0 Å². The first-order valence-electron chi connectivity index (χ1n) is 6.64. The topological polar surface area (TPSA) is 9.23 Å². The maximum atomic E-state index is 5.82. The predicted octanol–water partition coefficient (Wildman–Crippen LogP) is 5.00. The van der Waals surface area contributed by atoms with Crippen molar-refractivity contribution >= 4 is 11.1 Å². The highest BCUT2D eigenvalue weighted by Crippen LogP contribution is 2.30. The van der Waals surface area contributed by atoms with Crippen LogP contribution in [0.4, 0.5) is 0 Å². The molecule has 0 unspecified atom stereocenters. The Morgan fingerprint density at radius 2 is 1.65 bits per heavy atom. The van der Waals surface area contributed by atoms with Crippen LogP contribution >= 0.6 is 0 Å². The Balaban J connectivity index is 2.02. The minimum Gasteiger partial charge on any atom is -0.464 e. The van der Waals surface area contributed by atoms with Crippen LogP contribution in [0.3, 0.4) is 0 Å². The molecule has 1 aliphatic heterocycles. The average molecular weight is 260 g/mol. The Labute approximate surface area is 119 Å². The second-order valence-electron chi connectivity index (χ2n) is 4.91. The minimum absolute atomic E-state index is 0.839. The highest BCUT2D eigenvalue weighted by Gasteiger charge is 2.08. The first kappa shape index (κ1) is 12.5. The van der Waals surface area contributed by atoms with Crippen LogP contribution < -0.4 is 4.74 Å². The van der Waals surface area contributed by atoms with E-state index in [-0.39, 0.29) is 0 Å². The van der Waals surface area contributed by atoms with Crippen molar-refractivity contribution in [2.75, 3.05) is 0 Å². The first-order chi connectivity index (χ1) is 9.74. The van der Waals surface area contributed by atoms with Crippen molar-refractivity contribution < 1.29 is 4.74 Å². The number of hydrogen-bond acceptors (Lipinski definition) is 1. The van der Waals surface area contributed by atoms with Crippen LogP contribution in [0.25, 0.3) is 11.1 Å². The van der Waals surface area contributed by atoms with Gasteiger partial charge in [0.2, 0.25) is 0 Å². The van der Waals surface area contributed by atoms with Gasteiger partial charge in [0.15, 0.2) is 0 Å². The third kappa shape index (κ3) is 2.43. The van der Waals surface area contributed by atoms with Gasteiger partial charge in [-0.3, -0.25) is 0 Å². The first-order valence-corrected chi connectivity index (χ1v) is 6.64. The monoisotopic (exact) mass is 260 g/mol. The number of para-hydroxylation sites is 1. The summed E-state index contributed by atoms with van der Waals surface area (Å²) >= 11 is 0. The Morgan fingerprint density at radius 3 is 2.45 bits per heavy atom. The number of rotatable bonds is 1. The minimum atomic E-state index is 0.839. The molecule has 0 fully saturated rings. The highest BCUT2D eigenvalue weighted by atomic mass is 16.5. The fourth-order valence-electron chi connectivity index (χ4n) is 2.19. The molecule has 0 spiro atoms. The number of aryl methyl sites for hydroxylation is 1. The van der Waals surface area contributed by atoms with Gasteiger partial charge < -0.3 is 4.74 Å². The van der Waals surface area contributed by atoms with E-state index in [1.165, 1.54) is 5.56 Å². The van der Waals surface area contributed by atoms with Crippen LogP contribution in [-0.2, 0) is 0 Å². The van der Waals surface area contributed by atoms with E-state index in [0.29, 0.717) is 0 Å². The molecule has 0 bridgehead atoms. The lowest BCUT2D eigenvalue weighted by Crippen LogP contribution is -1.94. The quantitative estimate of drug-likeness (QED) is 0.701. The van der Waals surface area contributed by atoms with Gasteiger partial charge in [-0.2, -0.15) is 0 Å². The molecule has 0 amide bonds. The summed E-state index contributed by atoms with van der Waals surface area (Å²) in [4.78, 5) is 0. The molecule has 0 saturated heterocycles. The molecular formula is C19H16O. The number of fused-ring (bicyclic) bond motifs is 1. The van der Waals surface area contributed by atoms with Crippen molar-refractivity contribution in [3.8, 4) is 5.75 Å². The molecule has 2 aromatic rings. The number of hydrogen-bond donors (Lipinski definition) is 0. The molecule has 0 radical (unpaired) electrons. The average Bonchev–Trinajstić information content (AvgIpc) is 2.47. The van der Waals surface area contributed by atoms with Gasteiger partial charge in [0, 0.05) is 11.1 Å². The van der Waals surface area contributed by atoms with E-state index in [2.05, 4.69) is 37.8 Å². The van der Waals surface area contributed by atoms with Crippen molar-refractivity contribution in [3.05, 3.63) is 90.2 Å². The third-order valence-electron chi connectivity index (χ3n) is 3.39. The zero-order valence-electron chi connectivity index (χ0n) is 11.5. The second-order valence-corrected chi connectivity index (χ2v) is 4.91. The summed E-state index contributed by atoms with van der Waals surface area (Å²) in [5.41, 5.74) is 5.42. The molecule has 0 atom stereocenters. The van der Waals surface area contributed by atoms with Crippen molar-refractivity contribution in [3.63, 3.8) is 0 Å². The van der Waals surface area contributed by atoms with Gasteiger partial charge in [-0.15, -0.1) is 0 Å². The lowest BCUT2D eigenvalue weighted by atomic mass is 10.0. The zero-order valence-corrected chi connectivity index (χ0v) is 11.5. The summed E-state index contributed by atoms with van der Waals surface area (Å²) in [6.07, 6.45) is 5.88. The maximum Gasteiger partial charge on any atom is 0.134 e. The summed E-state index contributed by atoms with van der Waals surface area (Å²) in [5.74, 6) is 0.839. The zero-order chi connectivity index (χ0) is 13.9. The Kier molecular flexibility index (Phi) is 3.26. The van der Waals surface area contributed by atoms with Crippen LogP contribution in [-0.4, -0.2) is 0 Å². The van der Waals surface area contributed by atoms with Crippen molar-refractivity contribution in [2.24, 2.45) is 0 Å². The number of allylic oxidation sites excluding steroid dienone is 4. The second kappa shape index (κ2) is 5.22. The van der Waals surface area contributed by atoms with Gasteiger partial charge in [-0.25, -0.2) is 0 Å². The largest absolute Gasteiger partial charge is 0.464 e. The van der Waals surface area contributed by atoms with Gasteiger partial charge in [0.05, 0.1) is 6.26 Å². The summed E-state index contributed by atoms with van der Waals surface area (Å²) in [6.45, 7) is 6.19. The fraction of sp³-hybridized carbons (Fsp3) is 0.0526. The summed E-state index contributed by atoms with van der Waals surface area (Å²) in [7, 11) is 0. The van der Waals surface area contributed by atoms with E-state index in [4.69, 9.17) is 4.74 Å². The van der Waals surface area contributed by atoms with E-state index in [9.17, 15) is 0 Å². The van der Waals surface area contributed by atoms with E-state index in [1.807, 2.05) is 36.4 Å². The van der Waals surface area contributed by atoms with Crippen LogP contribution in [0.1, 0.15) is 16.7 Å². The molecule has 3 rings (SSSR count). The van der Waals surface area contributed by atoms with Gasteiger partial charge in [0.1, 0.15) is 5.75 Å². The molecule has 0 saturated carbocycles. The summed E-state index contributed by atoms with van der Waals surface area (Å²) in [6, 6.07) is 16.4. The fourth-order valence-corrected chi connectivity index (χ4v) is 2.19. The lowest BCUT2D eigenvalue weighted by Gasteiger charge is -2.13. The molecular weight excluding hydrogens is 244 g/mol. The summed E-state index contributed by atoms with van der Waals surface area (Å²) < 4.78 is 5.82. The van der Waals surface area contributed by atoms with Crippen LogP contribution in [0.2, 0.25) is 0 Å². The van der Waals surface area contributed by atoms with E-state index < -0.39 is 0 Å². The predicted molar refractivity (Wildman–Crippen MR) is 84.4 cm³/mol. The van der Waals surface area contributed by atoms with Gasteiger partial charge in [0.25, 0.3) is 0 Å². The highest BCUT2D eigenvalue weighted by molar-refractivity contribution is 5.83. The molecule has 0 aromatic heterocycles. The lowest BCUT2D eigenvalue weighted by molar-refractivity contribution is 0.482. The molecule has 20 heavy (non-hydrogen) atoms. The third-order valence-corrected chi connectivity index (χ3v) is 3.39. The smallest absolute Gasteiger partial charge is 0.134 e. The maximum absolute atomic E-state index is 5.82. The SMILES string of the molecule is C=C1/C=C\C(c2ccc(C)cc2)=C/Oc2ccccc21. The van der Waals surface area contributed by atoms with Gasteiger partial charge in [-0.05, 0) is 24.1 Å². The van der Waals surface area contributed by atoms with Crippen LogP contribution in [0.5, 0.6) is 5.75 Å². The van der Waals surface area contributed by atoms with Crippen LogP contribution in [0, 0.1) is 6.92 Å². The van der Waals surface area contributed by atoms with Crippen molar-refractivity contribution in [1.29, 1.82) is 0 Å². The molecule has 2 aromatic carbocycles. The molecule has 1 aliphatic rings. The summed E-state index contributed by atoms with van der Waals surface area (Å²) in [5, 5.41) is 0. The Hall–Kier alpha value is -2.54. The number of ether oxygens (including phenoxy) is 1. The van der Waals surface area contributed by atoms with Crippen LogP contribution in [0.15, 0.2) is 73.5 Å². The Bertz CT molecular complexity index is 703. The number of benzene rings is 2. The normalized spacial score (nSPS) is 18.1. The molecule has 1 heterocycles. The Morgan fingerprint density at radius 1 is 0.900 bits per heavy atom. The molecule has 1 heteroatoms. The molecule has 0 aliphatic carbocycles. The molecule has 1 nitrogen and oxygen atoms in total. The van der Waals surface area contributed by atoms with Crippen molar-refractivity contribution in [2.45, 2.75) is 6.92 Å². The van der Waals surface area contributed by atoms with Crippen molar-refractivity contribution in [1.82, 2.24) is 0 Å². The molecule has 98 valence electrons. The van der Waals surface area contributed by atoms with E-state index in [0.717, 1.165) is 28.0 Å². The van der Waals surface area contributed by atoms with Gasteiger partial charge in [-0.1, -0.05) is 66.8 Å². The molecule has 0 N–H and O–H groups in total. The van der Waals surface area contributed by atoms with E-state index in [1.54, 1.807) is 6.26 Å². The van der Waals surface area contributed by atoms with Gasteiger partial charge >= 0.3 is 0 Å². The standard InChI is InChI=1S/C19H16O/c1-14-7-10-16(11-8-14)17-12-9-15(2)18-5-3-4-6-19(18)20-13-17/h3-13H,2H2,1H3/b12-9-,17-13+.